The third-order valence-corrected chi connectivity index (χ3v) is 4.15. The van der Waals surface area contributed by atoms with Crippen LogP contribution < -0.4 is 9.47 Å². The van der Waals surface area contributed by atoms with Gasteiger partial charge in [0, 0.05) is 0 Å². The molecule has 0 aliphatic rings. The fourth-order valence-corrected chi connectivity index (χ4v) is 2.64. The highest BCUT2D eigenvalue weighted by Crippen LogP contribution is 2.29. The number of methoxy groups -OCH3 is 2. The average molecular weight is 346 g/mol. The van der Waals surface area contributed by atoms with Crippen LogP contribution in [0, 0.1) is 0 Å². The molecule has 4 atom stereocenters. The molecule has 0 aliphatic carbocycles. The van der Waals surface area contributed by atoms with Crippen LogP contribution in [0.5, 0.6) is 11.5 Å². The second-order valence-electron chi connectivity index (χ2n) is 5.99. The molecule has 2 N–H and O–H groups in total. The molecule has 2 aromatic rings. The van der Waals surface area contributed by atoms with Crippen molar-refractivity contribution in [3.05, 3.63) is 59.7 Å². The van der Waals surface area contributed by atoms with E-state index < -0.39 is 24.4 Å². The highest BCUT2D eigenvalue weighted by atomic mass is 16.5. The largest absolute Gasteiger partial charge is 0.497 e. The zero-order valence-electron chi connectivity index (χ0n) is 15.0. The topological polar surface area (TPSA) is 68.2 Å². The molecule has 0 amide bonds. The molecule has 25 heavy (non-hydrogen) atoms. The summed E-state index contributed by atoms with van der Waals surface area (Å²) >= 11 is 0. The van der Waals surface area contributed by atoms with Gasteiger partial charge in [0.25, 0.3) is 0 Å². The van der Waals surface area contributed by atoms with Gasteiger partial charge >= 0.3 is 0 Å². The van der Waals surface area contributed by atoms with E-state index in [1.54, 1.807) is 52.3 Å². The van der Waals surface area contributed by atoms with E-state index in [4.69, 9.17) is 14.2 Å². The smallest absolute Gasteiger partial charge is 0.118 e. The van der Waals surface area contributed by atoms with Gasteiger partial charge < -0.3 is 24.4 Å². The fourth-order valence-electron chi connectivity index (χ4n) is 2.64. The molecule has 2 aromatic carbocycles. The molecular formula is C20H26O5. The van der Waals surface area contributed by atoms with Crippen molar-refractivity contribution >= 4 is 0 Å². The number of hydrogen-bond acceptors (Lipinski definition) is 5. The Bertz CT molecular complexity index is 636. The van der Waals surface area contributed by atoms with Crippen LogP contribution in [0.4, 0.5) is 0 Å². The lowest BCUT2D eigenvalue weighted by Gasteiger charge is -2.28. The first-order valence-corrected chi connectivity index (χ1v) is 8.25. The van der Waals surface area contributed by atoms with Gasteiger partial charge in [0.1, 0.15) is 23.7 Å². The molecule has 0 heterocycles. The van der Waals surface area contributed by atoms with Crippen LogP contribution in [0.15, 0.2) is 48.5 Å². The van der Waals surface area contributed by atoms with E-state index in [1.807, 2.05) is 24.3 Å². The van der Waals surface area contributed by atoms with Crippen LogP contribution in [0.25, 0.3) is 0 Å². The normalized spacial score (nSPS) is 15.9. The number of benzene rings is 2. The Labute approximate surface area is 148 Å². The van der Waals surface area contributed by atoms with Crippen molar-refractivity contribution < 1.29 is 24.4 Å². The molecule has 0 aliphatic heterocycles. The van der Waals surface area contributed by atoms with Crippen molar-refractivity contribution in [3.63, 3.8) is 0 Å². The first-order valence-electron chi connectivity index (χ1n) is 8.25. The summed E-state index contributed by atoms with van der Waals surface area (Å²) in [6, 6.07) is 14.5. The summed E-state index contributed by atoms with van der Waals surface area (Å²) in [5.74, 6) is 1.46. The standard InChI is InChI=1S/C20H26O5/c1-13(21)20(16-7-11-18(24-4)12-8-16)25-14(2)19(22)15-5-9-17(23-3)10-6-15/h5-14,19-22H,1-4H3. The average Bonchev–Trinajstić information content (AvgIpc) is 2.65. The van der Waals surface area contributed by atoms with Crippen LogP contribution in [0.3, 0.4) is 0 Å². The second kappa shape index (κ2) is 8.85. The van der Waals surface area contributed by atoms with Crippen molar-refractivity contribution in [1.82, 2.24) is 0 Å². The summed E-state index contributed by atoms with van der Waals surface area (Å²) in [5, 5.41) is 20.7. The van der Waals surface area contributed by atoms with E-state index in [1.165, 1.54) is 0 Å². The lowest BCUT2D eigenvalue weighted by Crippen LogP contribution is -2.27. The maximum atomic E-state index is 10.5. The molecule has 0 fully saturated rings. The van der Waals surface area contributed by atoms with E-state index in [2.05, 4.69) is 0 Å². The van der Waals surface area contributed by atoms with Gasteiger partial charge in [0.2, 0.25) is 0 Å². The maximum absolute atomic E-state index is 10.5. The molecule has 0 radical (unpaired) electrons. The zero-order chi connectivity index (χ0) is 18.4. The molecule has 2 rings (SSSR count). The number of hydrogen-bond donors (Lipinski definition) is 2. The molecule has 136 valence electrons. The highest BCUT2D eigenvalue weighted by Gasteiger charge is 2.25. The Kier molecular flexibility index (Phi) is 6.82. The minimum absolute atomic E-state index is 0.505. The predicted octanol–water partition coefficient (Wildman–Crippen LogP) is 3.26. The molecule has 0 aromatic heterocycles. The Morgan fingerprint density at radius 1 is 0.720 bits per heavy atom. The van der Waals surface area contributed by atoms with Crippen molar-refractivity contribution in [2.24, 2.45) is 0 Å². The molecule has 0 saturated carbocycles. The van der Waals surface area contributed by atoms with Crippen LogP contribution in [-0.4, -0.2) is 36.6 Å². The van der Waals surface area contributed by atoms with Crippen LogP contribution in [-0.2, 0) is 4.74 Å². The fraction of sp³-hybridized carbons (Fsp3) is 0.400. The molecule has 5 nitrogen and oxygen atoms in total. The molecule has 0 spiro atoms. The van der Waals surface area contributed by atoms with Gasteiger partial charge in [0.15, 0.2) is 0 Å². The van der Waals surface area contributed by atoms with Gasteiger partial charge in [-0.3, -0.25) is 0 Å². The van der Waals surface area contributed by atoms with Crippen molar-refractivity contribution in [2.45, 2.75) is 38.3 Å². The Morgan fingerprint density at radius 3 is 1.56 bits per heavy atom. The van der Waals surface area contributed by atoms with E-state index in [0.29, 0.717) is 0 Å². The lowest BCUT2D eigenvalue weighted by molar-refractivity contribution is -0.108. The molecule has 0 saturated heterocycles. The summed E-state index contributed by atoms with van der Waals surface area (Å²) in [5.41, 5.74) is 1.55. The third kappa shape index (κ3) is 4.95. The van der Waals surface area contributed by atoms with Crippen LogP contribution in [0.1, 0.15) is 37.2 Å². The monoisotopic (exact) mass is 346 g/mol. The predicted molar refractivity (Wildman–Crippen MR) is 95.9 cm³/mol. The number of aliphatic hydroxyl groups excluding tert-OH is 2. The quantitative estimate of drug-likeness (QED) is 0.768. The SMILES string of the molecule is COc1ccc(C(O)C(C)OC(c2ccc(OC)cc2)C(C)O)cc1. The summed E-state index contributed by atoms with van der Waals surface area (Å²) in [6.45, 7) is 3.45. The summed E-state index contributed by atoms with van der Waals surface area (Å²) < 4.78 is 16.2. The Balaban J connectivity index is 2.11. The molecule has 4 unspecified atom stereocenters. The summed E-state index contributed by atoms with van der Waals surface area (Å²) in [4.78, 5) is 0. The minimum atomic E-state index is -0.814. The first-order chi connectivity index (χ1) is 12.0. The van der Waals surface area contributed by atoms with Crippen molar-refractivity contribution in [1.29, 1.82) is 0 Å². The summed E-state index contributed by atoms with van der Waals surface area (Å²) in [7, 11) is 3.20. The highest BCUT2D eigenvalue weighted by molar-refractivity contribution is 5.30. The number of aliphatic hydroxyl groups is 2. The van der Waals surface area contributed by atoms with Gasteiger partial charge in [-0.05, 0) is 49.2 Å². The van der Waals surface area contributed by atoms with Gasteiger partial charge in [-0.15, -0.1) is 0 Å². The zero-order valence-corrected chi connectivity index (χ0v) is 15.0. The number of ether oxygens (including phenoxy) is 3. The number of rotatable bonds is 8. The van der Waals surface area contributed by atoms with E-state index >= 15 is 0 Å². The Morgan fingerprint density at radius 2 is 1.16 bits per heavy atom. The maximum Gasteiger partial charge on any atom is 0.118 e. The van der Waals surface area contributed by atoms with Crippen molar-refractivity contribution in [2.75, 3.05) is 14.2 Å². The van der Waals surface area contributed by atoms with Crippen LogP contribution in [0.2, 0.25) is 0 Å². The second-order valence-corrected chi connectivity index (χ2v) is 5.99. The van der Waals surface area contributed by atoms with E-state index in [9.17, 15) is 10.2 Å². The van der Waals surface area contributed by atoms with Crippen LogP contribution >= 0.6 is 0 Å². The lowest BCUT2D eigenvalue weighted by atomic mass is 10.0. The Hall–Kier alpha value is -2.08. The van der Waals surface area contributed by atoms with E-state index in [-0.39, 0.29) is 0 Å². The van der Waals surface area contributed by atoms with Gasteiger partial charge in [-0.2, -0.15) is 0 Å². The van der Waals surface area contributed by atoms with Gasteiger partial charge in [-0.1, -0.05) is 24.3 Å². The third-order valence-electron chi connectivity index (χ3n) is 4.15. The van der Waals surface area contributed by atoms with E-state index in [0.717, 1.165) is 22.6 Å². The molecule has 5 heteroatoms. The van der Waals surface area contributed by atoms with Gasteiger partial charge in [-0.25, -0.2) is 0 Å². The summed E-state index contributed by atoms with van der Waals surface area (Å²) in [6.07, 6.45) is -2.59. The van der Waals surface area contributed by atoms with Gasteiger partial charge in [0.05, 0.1) is 26.4 Å². The minimum Gasteiger partial charge on any atom is -0.497 e. The molecule has 0 bridgehead atoms. The van der Waals surface area contributed by atoms with Crippen molar-refractivity contribution in [3.8, 4) is 11.5 Å². The molecular weight excluding hydrogens is 320 g/mol. The first kappa shape index (κ1) is 19.2.